The molecule has 10 nitrogen and oxygen atoms in total. The van der Waals surface area contributed by atoms with Crippen LogP contribution in [0.25, 0.3) is 11.0 Å². The Morgan fingerprint density at radius 2 is 1.90 bits per heavy atom. The average molecular weight is 579 g/mol. The number of pyridine rings is 1. The summed E-state index contributed by atoms with van der Waals surface area (Å²) in [5.74, 6) is 0.958. The number of nitrogens with zero attached hydrogens (tertiary/aromatic N) is 4. The summed E-state index contributed by atoms with van der Waals surface area (Å²) in [6, 6.07) is 9.48. The molecular weight excluding hydrogens is 536 g/mol. The third kappa shape index (κ3) is 6.48. The van der Waals surface area contributed by atoms with Crippen LogP contribution >= 0.6 is 0 Å². The monoisotopic (exact) mass is 578 g/mol. The summed E-state index contributed by atoms with van der Waals surface area (Å²) in [7, 11) is 1.62. The van der Waals surface area contributed by atoms with Crippen LogP contribution in [0.5, 0.6) is 11.5 Å². The van der Waals surface area contributed by atoms with Gasteiger partial charge in [-0.1, -0.05) is 19.8 Å². The van der Waals surface area contributed by atoms with E-state index in [1.807, 2.05) is 67.1 Å². The minimum absolute atomic E-state index is 0.0639. The van der Waals surface area contributed by atoms with Gasteiger partial charge < -0.3 is 28.4 Å². The molecule has 0 N–H and O–H groups in total. The zero-order valence-electron chi connectivity index (χ0n) is 25.4. The van der Waals surface area contributed by atoms with Gasteiger partial charge >= 0.3 is 12.0 Å². The number of hydrogen-bond acceptors (Lipinski definition) is 7. The summed E-state index contributed by atoms with van der Waals surface area (Å²) in [5, 5.41) is 0.900. The van der Waals surface area contributed by atoms with Crippen LogP contribution in [0.3, 0.4) is 0 Å². The lowest BCUT2D eigenvalue weighted by Crippen LogP contribution is -2.65. The van der Waals surface area contributed by atoms with Crippen LogP contribution in [0.4, 0.5) is 10.5 Å². The van der Waals surface area contributed by atoms with Gasteiger partial charge in [0, 0.05) is 49.2 Å². The van der Waals surface area contributed by atoms with Gasteiger partial charge in [0.15, 0.2) is 11.5 Å². The number of esters is 1. The van der Waals surface area contributed by atoms with Gasteiger partial charge in [-0.2, -0.15) is 0 Å². The van der Waals surface area contributed by atoms with Crippen molar-refractivity contribution in [3.8, 4) is 11.5 Å². The number of fused-ring (bicyclic) bond motifs is 1. The highest BCUT2D eigenvalue weighted by atomic mass is 16.6. The number of amides is 2. The topological polar surface area (TPSA) is 95.4 Å². The number of carbonyl (C=O) groups is 2. The van der Waals surface area contributed by atoms with Crippen LogP contribution < -0.4 is 14.4 Å². The number of carbonyl (C=O) groups excluding carboxylic acids is 2. The van der Waals surface area contributed by atoms with Gasteiger partial charge in [-0.25, -0.2) is 9.78 Å². The molecule has 1 spiro atoms. The highest BCUT2D eigenvalue weighted by Crippen LogP contribution is 2.39. The maximum absolute atomic E-state index is 14.0. The summed E-state index contributed by atoms with van der Waals surface area (Å²) in [5.41, 5.74) is 1.70. The molecule has 2 saturated heterocycles. The van der Waals surface area contributed by atoms with E-state index in [1.165, 1.54) is 0 Å². The van der Waals surface area contributed by atoms with Crippen LogP contribution in [-0.2, 0) is 27.4 Å². The van der Waals surface area contributed by atoms with E-state index in [0.717, 1.165) is 35.9 Å². The summed E-state index contributed by atoms with van der Waals surface area (Å²) in [6.07, 6.45) is 6.73. The van der Waals surface area contributed by atoms with Crippen molar-refractivity contribution in [1.82, 2.24) is 14.5 Å². The largest absolute Gasteiger partial charge is 0.493 e. The van der Waals surface area contributed by atoms with E-state index in [1.54, 1.807) is 17.9 Å². The zero-order chi connectivity index (χ0) is 29.9. The summed E-state index contributed by atoms with van der Waals surface area (Å²) >= 11 is 0. The highest BCUT2D eigenvalue weighted by Gasteiger charge is 2.48. The molecule has 0 saturated carbocycles. The second kappa shape index (κ2) is 12.2. The second-order valence-corrected chi connectivity index (χ2v) is 12.3. The van der Waals surface area contributed by atoms with Crippen molar-refractivity contribution in [2.75, 3.05) is 44.9 Å². The zero-order valence-corrected chi connectivity index (χ0v) is 25.4. The van der Waals surface area contributed by atoms with Crippen molar-refractivity contribution in [2.45, 2.75) is 65.6 Å². The molecule has 2 aliphatic rings. The fraction of sp³-hybridized carbons (Fsp3) is 0.531. The van der Waals surface area contributed by atoms with Gasteiger partial charge in [-0.05, 0) is 57.0 Å². The SMILES string of the molecule is CCCCCOc1cc(N2CC3(COC3)CN(Cc3ccnc4c3ccn4CC(=O)OC(C)(C)C)C2=O)ccc1OC. The Balaban J connectivity index is 1.38. The summed E-state index contributed by atoms with van der Waals surface area (Å²) < 4.78 is 24.6. The molecule has 4 heterocycles. The normalized spacial score (nSPS) is 16.5. The van der Waals surface area contributed by atoms with Crippen molar-refractivity contribution < 1.29 is 28.5 Å². The summed E-state index contributed by atoms with van der Waals surface area (Å²) in [4.78, 5) is 34.7. The Hall–Kier alpha value is -3.79. The van der Waals surface area contributed by atoms with Crippen molar-refractivity contribution in [3.63, 3.8) is 0 Å². The van der Waals surface area contributed by atoms with Crippen LogP contribution in [0.1, 0.15) is 52.5 Å². The molecule has 2 aromatic heterocycles. The van der Waals surface area contributed by atoms with Gasteiger partial charge in [0.2, 0.25) is 0 Å². The van der Waals surface area contributed by atoms with Gasteiger partial charge in [0.05, 0.1) is 32.3 Å². The number of urea groups is 1. The maximum atomic E-state index is 14.0. The van der Waals surface area contributed by atoms with E-state index < -0.39 is 5.60 Å². The van der Waals surface area contributed by atoms with E-state index in [4.69, 9.17) is 18.9 Å². The maximum Gasteiger partial charge on any atom is 0.326 e. The number of hydrogen-bond donors (Lipinski definition) is 0. The molecule has 0 radical (unpaired) electrons. The van der Waals surface area contributed by atoms with Crippen molar-refractivity contribution >= 4 is 28.7 Å². The minimum atomic E-state index is -0.563. The van der Waals surface area contributed by atoms with Crippen LogP contribution in [0.15, 0.2) is 42.7 Å². The van der Waals surface area contributed by atoms with Crippen molar-refractivity contribution in [2.24, 2.45) is 5.41 Å². The van der Waals surface area contributed by atoms with Crippen LogP contribution in [-0.4, -0.2) is 72.1 Å². The minimum Gasteiger partial charge on any atom is -0.493 e. The second-order valence-electron chi connectivity index (χ2n) is 12.3. The molecule has 42 heavy (non-hydrogen) atoms. The van der Waals surface area contributed by atoms with Gasteiger partial charge in [-0.15, -0.1) is 0 Å². The lowest BCUT2D eigenvalue weighted by atomic mass is 9.82. The first-order valence-electron chi connectivity index (χ1n) is 14.7. The molecule has 226 valence electrons. The van der Waals surface area contributed by atoms with E-state index in [9.17, 15) is 9.59 Å². The first-order chi connectivity index (χ1) is 20.1. The molecule has 3 aromatic rings. The number of rotatable bonds is 11. The molecule has 1 aromatic carbocycles. The Labute approximate surface area is 247 Å². The lowest BCUT2D eigenvalue weighted by molar-refractivity contribution is -0.155. The van der Waals surface area contributed by atoms with Crippen molar-refractivity contribution in [1.29, 1.82) is 0 Å². The Morgan fingerprint density at radius 3 is 2.60 bits per heavy atom. The number of aromatic nitrogens is 2. The van der Waals surface area contributed by atoms with Crippen molar-refractivity contribution in [3.05, 3.63) is 48.3 Å². The van der Waals surface area contributed by atoms with Gasteiger partial charge in [0.1, 0.15) is 17.8 Å². The quantitative estimate of drug-likeness (QED) is 0.222. The molecular formula is C32H42N4O6. The van der Waals surface area contributed by atoms with E-state index in [0.29, 0.717) is 56.6 Å². The average Bonchev–Trinajstić information content (AvgIpc) is 3.33. The Kier molecular flexibility index (Phi) is 8.63. The number of ether oxygens (including phenoxy) is 4. The van der Waals surface area contributed by atoms with E-state index in [2.05, 4.69) is 11.9 Å². The third-order valence-electron chi connectivity index (χ3n) is 7.64. The number of anilines is 1. The molecule has 2 amide bonds. The fourth-order valence-corrected chi connectivity index (χ4v) is 5.61. The predicted octanol–water partition coefficient (Wildman–Crippen LogP) is 5.41. The highest BCUT2D eigenvalue weighted by molar-refractivity contribution is 5.94. The Morgan fingerprint density at radius 1 is 1.10 bits per heavy atom. The van der Waals surface area contributed by atoms with Gasteiger partial charge in [0.25, 0.3) is 0 Å². The fourth-order valence-electron chi connectivity index (χ4n) is 5.61. The van der Waals surface area contributed by atoms with E-state index in [-0.39, 0.29) is 24.0 Å². The smallest absolute Gasteiger partial charge is 0.326 e. The molecule has 2 fully saturated rings. The number of benzene rings is 1. The van der Waals surface area contributed by atoms with Crippen LogP contribution in [0, 0.1) is 5.41 Å². The standard InChI is InChI=1S/C32H42N4O6/c1-6-7-8-15-41-27-16-24(9-10-26(27)39-5)36-20-32(21-40-22-32)19-35(30(36)38)17-23-11-13-33-29-25(23)12-14-34(29)18-28(37)42-31(2,3)4/h9-14,16H,6-8,15,17-22H2,1-5H3. The third-order valence-corrected chi connectivity index (χ3v) is 7.64. The first-order valence-corrected chi connectivity index (χ1v) is 14.7. The van der Waals surface area contributed by atoms with Gasteiger partial charge in [-0.3, -0.25) is 9.69 Å². The molecule has 0 atom stereocenters. The number of methoxy groups -OCH3 is 1. The van der Waals surface area contributed by atoms with E-state index >= 15 is 0 Å². The first kappa shape index (κ1) is 29.7. The summed E-state index contributed by atoms with van der Waals surface area (Å²) in [6.45, 7) is 11.1. The van der Waals surface area contributed by atoms with Crippen LogP contribution in [0.2, 0.25) is 0 Å². The molecule has 5 rings (SSSR count). The molecule has 0 unspecified atom stereocenters. The molecule has 2 aliphatic heterocycles. The molecule has 10 heteroatoms. The molecule has 0 aliphatic carbocycles. The predicted molar refractivity (Wildman–Crippen MR) is 160 cm³/mol. The number of unbranched alkanes of at least 4 members (excludes halogenated alkanes) is 2. The Bertz CT molecular complexity index is 1420. The molecule has 0 bridgehead atoms. The lowest BCUT2D eigenvalue weighted by Gasteiger charge is -2.51.